The highest BCUT2D eigenvalue weighted by atomic mass is 19.1. The number of amides is 1. The van der Waals surface area contributed by atoms with Crippen molar-refractivity contribution in [3.05, 3.63) is 36.8 Å². The number of pyridine rings is 1. The van der Waals surface area contributed by atoms with Crippen LogP contribution in [0.3, 0.4) is 0 Å². The number of nitrogens with zero attached hydrogens (tertiary/aromatic N) is 3. The maximum atomic E-state index is 12.4. The first-order chi connectivity index (χ1) is 12.6. The SMILES string of the molecule is CC[C@@](C)(Nc1ccnc(-c2c[nH]c3ncccc23)n1)C(=O)NCCF.[HH].[HH]. The zero-order valence-electron chi connectivity index (χ0n) is 14.7. The molecule has 0 bridgehead atoms. The predicted octanol–water partition coefficient (Wildman–Crippen LogP) is 3.18. The lowest BCUT2D eigenvalue weighted by molar-refractivity contribution is -0.125. The van der Waals surface area contributed by atoms with Crippen LogP contribution < -0.4 is 10.6 Å². The van der Waals surface area contributed by atoms with Gasteiger partial charge in [0.2, 0.25) is 5.91 Å². The Kier molecular flexibility index (Phi) is 5.11. The Bertz CT molecular complexity index is 922. The molecule has 3 aromatic heterocycles. The van der Waals surface area contributed by atoms with E-state index in [4.69, 9.17) is 0 Å². The molecule has 3 N–H and O–H groups in total. The van der Waals surface area contributed by atoms with E-state index in [1.807, 2.05) is 25.3 Å². The molecule has 3 rings (SSSR count). The van der Waals surface area contributed by atoms with Crippen molar-refractivity contribution >= 4 is 22.8 Å². The third-order valence-electron chi connectivity index (χ3n) is 4.34. The van der Waals surface area contributed by atoms with E-state index in [0.29, 0.717) is 18.1 Å². The average molecular weight is 360 g/mol. The quantitative estimate of drug-likeness (QED) is 0.601. The van der Waals surface area contributed by atoms with Crippen molar-refractivity contribution in [1.82, 2.24) is 25.3 Å². The Morgan fingerprint density at radius 2 is 2.19 bits per heavy atom. The minimum atomic E-state index is -0.900. The van der Waals surface area contributed by atoms with E-state index in [1.165, 1.54) is 0 Å². The van der Waals surface area contributed by atoms with Gasteiger partial charge in [0.15, 0.2) is 5.82 Å². The van der Waals surface area contributed by atoms with Gasteiger partial charge in [0.25, 0.3) is 0 Å². The van der Waals surface area contributed by atoms with Crippen LogP contribution in [0.1, 0.15) is 23.1 Å². The second-order valence-electron chi connectivity index (χ2n) is 6.12. The summed E-state index contributed by atoms with van der Waals surface area (Å²) in [6.07, 6.45) is 5.67. The molecule has 8 heteroatoms. The van der Waals surface area contributed by atoms with Crippen LogP contribution >= 0.6 is 0 Å². The fraction of sp³-hybridized carbons (Fsp3) is 0.333. The van der Waals surface area contributed by atoms with Crippen LogP contribution in [0.4, 0.5) is 10.2 Å². The molecular weight excluding hydrogens is 335 g/mol. The molecule has 140 valence electrons. The van der Waals surface area contributed by atoms with Gasteiger partial charge < -0.3 is 15.6 Å². The number of rotatable bonds is 7. The zero-order chi connectivity index (χ0) is 18.6. The van der Waals surface area contributed by atoms with Crippen LogP contribution in [-0.4, -0.2) is 44.6 Å². The van der Waals surface area contributed by atoms with Gasteiger partial charge >= 0.3 is 0 Å². The lowest BCUT2D eigenvalue weighted by Crippen LogP contribution is -2.50. The summed E-state index contributed by atoms with van der Waals surface area (Å²) in [7, 11) is 0. The largest absolute Gasteiger partial charge is 0.356 e. The number of hydrogen-bond donors (Lipinski definition) is 3. The first-order valence-electron chi connectivity index (χ1n) is 8.45. The molecule has 0 spiro atoms. The van der Waals surface area contributed by atoms with Crippen LogP contribution in [0.5, 0.6) is 0 Å². The zero-order valence-corrected chi connectivity index (χ0v) is 14.7. The average Bonchev–Trinajstić information content (AvgIpc) is 3.10. The third-order valence-corrected chi connectivity index (χ3v) is 4.34. The fourth-order valence-electron chi connectivity index (χ4n) is 2.64. The maximum absolute atomic E-state index is 12.4. The van der Waals surface area contributed by atoms with Crippen LogP contribution in [0.25, 0.3) is 22.4 Å². The number of halogens is 1. The Balaban J connectivity index is 0.00000196. The number of carbonyl (C=O) groups excluding carboxylic acids is 1. The van der Waals surface area contributed by atoms with Gasteiger partial charge in [0.1, 0.15) is 23.7 Å². The lowest BCUT2D eigenvalue weighted by Gasteiger charge is -2.28. The van der Waals surface area contributed by atoms with E-state index in [0.717, 1.165) is 16.6 Å². The van der Waals surface area contributed by atoms with Gasteiger partial charge in [-0.2, -0.15) is 0 Å². The van der Waals surface area contributed by atoms with E-state index in [2.05, 4.69) is 30.6 Å². The Morgan fingerprint density at radius 3 is 2.96 bits per heavy atom. The summed E-state index contributed by atoms with van der Waals surface area (Å²) in [6.45, 7) is 3.04. The van der Waals surface area contributed by atoms with Gasteiger partial charge in [-0.3, -0.25) is 4.79 Å². The third kappa shape index (κ3) is 3.49. The lowest BCUT2D eigenvalue weighted by atomic mass is 9.97. The number of carbonyl (C=O) groups is 1. The van der Waals surface area contributed by atoms with Crippen molar-refractivity contribution in [1.29, 1.82) is 0 Å². The number of anilines is 1. The number of aromatic nitrogens is 4. The molecule has 0 aliphatic carbocycles. The van der Waals surface area contributed by atoms with E-state index in [1.54, 1.807) is 25.4 Å². The second-order valence-corrected chi connectivity index (χ2v) is 6.12. The molecule has 0 unspecified atom stereocenters. The number of aromatic amines is 1. The first kappa shape index (κ1) is 17.8. The molecule has 0 aromatic carbocycles. The van der Waals surface area contributed by atoms with Gasteiger partial charge in [0, 0.05) is 38.9 Å². The summed E-state index contributed by atoms with van der Waals surface area (Å²) in [5.74, 6) is 0.777. The van der Waals surface area contributed by atoms with Crippen molar-refractivity contribution in [2.24, 2.45) is 0 Å². The van der Waals surface area contributed by atoms with Crippen LogP contribution in [0, 0.1) is 0 Å². The first-order valence-corrected chi connectivity index (χ1v) is 8.45. The number of nitrogens with one attached hydrogen (secondary N) is 3. The Morgan fingerprint density at radius 1 is 1.35 bits per heavy atom. The number of fused-ring (bicyclic) bond motifs is 1. The van der Waals surface area contributed by atoms with Crippen molar-refractivity contribution in [2.45, 2.75) is 25.8 Å². The van der Waals surface area contributed by atoms with Crippen molar-refractivity contribution in [3.8, 4) is 11.4 Å². The van der Waals surface area contributed by atoms with Crippen molar-refractivity contribution in [3.63, 3.8) is 0 Å². The summed E-state index contributed by atoms with van der Waals surface area (Å²) < 4.78 is 12.3. The van der Waals surface area contributed by atoms with Crippen LogP contribution in [-0.2, 0) is 4.79 Å². The normalized spacial score (nSPS) is 13.3. The molecule has 0 saturated carbocycles. The molecule has 0 fully saturated rings. The summed E-state index contributed by atoms with van der Waals surface area (Å²) in [6, 6.07) is 5.50. The molecule has 3 heterocycles. The number of H-pyrrole nitrogens is 1. The predicted molar refractivity (Wildman–Crippen MR) is 103 cm³/mol. The highest BCUT2D eigenvalue weighted by molar-refractivity contribution is 5.92. The number of hydrogen-bond acceptors (Lipinski definition) is 5. The van der Waals surface area contributed by atoms with Gasteiger partial charge in [0.05, 0.1) is 0 Å². The minimum Gasteiger partial charge on any atom is -0.356 e. The molecule has 0 radical (unpaired) electrons. The molecule has 1 amide bonds. The van der Waals surface area contributed by atoms with Gasteiger partial charge in [-0.1, -0.05) is 6.92 Å². The second kappa shape index (κ2) is 7.47. The van der Waals surface area contributed by atoms with E-state index in [-0.39, 0.29) is 15.3 Å². The maximum Gasteiger partial charge on any atom is 0.245 e. The molecule has 26 heavy (non-hydrogen) atoms. The van der Waals surface area contributed by atoms with E-state index < -0.39 is 12.2 Å². The molecule has 0 aliphatic heterocycles. The van der Waals surface area contributed by atoms with Crippen LogP contribution in [0.15, 0.2) is 36.8 Å². The topological polar surface area (TPSA) is 95.6 Å². The summed E-state index contributed by atoms with van der Waals surface area (Å²) in [5, 5.41) is 6.65. The summed E-state index contributed by atoms with van der Waals surface area (Å²) >= 11 is 0. The number of alkyl halides is 1. The Labute approximate surface area is 153 Å². The molecule has 1 atom stereocenters. The van der Waals surface area contributed by atoms with Gasteiger partial charge in [-0.25, -0.2) is 19.3 Å². The van der Waals surface area contributed by atoms with Crippen molar-refractivity contribution < 1.29 is 12.0 Å². The summed E-state index contributed by atoms with van der Waals surface area (Å²) in [4.78, 5) is 28.6. The smallest absolute Gasteiger partial charge is 0.245 e. The molecule has 7 nitrogen and oxygen atoms in total. The highest BCUT2D eigenvalue weighted by Gasteiger charge is 2.31. The minimum absolute atomic E-state index is 0. The molecule has 3 aromatic rings. The molecule has 0 aliphatic rings. The van der Waals surface area contributed by atoms with Crippen molar-refractivity contribution in [2.75, 3.05) is 18.5 Å². The monoisotopic (exact) mass is 360 g/mol. The van der Waals surface area contributed by atoms with Crippen LogP contribution in [0.2, 0.25) is 0 Å². The van der Waals surface area contributed by atoms with Gasteiger partial charge in [-0.15, -0.1) is 0 Å². The standard InChI is InChI=1S/C18H21FN6O.2H2/c1-3-18(2,17(26)22-10-7-19)25-14-6-9-21-16(24-14)13-11-23-15-12(13)5-4-8-20-15;;/h4-6,8-9,11H,3,7,10H2,1-2H3,(H,20,23)(H,22,26)(H,21,24,25);2*1H/t18-;;/m1../s1. The van der Waals surface area contributed by atoms with Gasteiger partial charge in [-0.05, 0) is 31.5 Å². The molecule has 0 saturated heterocycles. The Hall–Kier alpha value is -3.03. The fourth-order valence-corrected chi connectivity index (χ4v) is 2.64. The van der Waals surface area contributed by atoms with E-state index >= 15 is 0 Å². The molecular formula is C18H25FN6O. The van der Waals surface area contributed by atoms with E-state index in [9.17, 15) is 9.18 Å². The summed E-state index contributed by atoms with van der Waals surface area (Å²) in [5.41, 5.74) is 0.688. The highest BCUT2D eigenvalue weighted by Crippen LogP contribution is 2.26.